The molecular formula is C19H32O5. The first kappa shape index (κ1) is 20.8. The molecule has 5 heteroatoms. The highest BCUT2D eigenvalue weighted by atomic mass is 16.6. The van der Waals surface area contributed by atoms with Gasteiger partial charge in [-0.15, -0.1) is 0 Å². The van der Waals surface area contributed by atoms with Crippen molar-refractivity contribution in [2.24, 2.45) is 11.8 Å². The van der Waals surface area contributed by atoms with E-state index in [4.69, 9.17) is 14.9 Å². The maximum atomic E-state index is 12.1. The minimum absolute atomic E-state index is 0.161. The molecule has 1 fully saturated rings. The quantitative estimate of drug-likeness (QED) is 0.303. The zero-order chi connectivity index (χ0) is 17.8. The van der Waals surface area contributed by atoms with E-state index in [2.05, 4.69) is 19.1 Å². The summed E-state index contributed by atoms with van der Waals surface area (Å²) < 4.78 is 4.80. The third-order valence-corrected chi connectivity index (χ3v) is 4.71. The Morgan fingerprint density at radius 3 is 2.71 bits per heavy atom. The highest BCUT2D eigenvalue weighted by molar-refractivity contribution is 5.83. The number of carbonyl (C=O) groups excluding carboxylic acids is 1. The van der Waals surface area contributed by atoms with Crippen LogP contribution in [-0.4, -0.2) is 34.9 Å². The van der Waals surface area contributed by atoms with Crippen molar-refractivity contribution in [1.29, 1.82) is 0 Å². The number of ether oxygens (including phenoxy) is 1. The molecule has 0 aliphatic heterocycles. The van der Waals surface area contributed by atoms with E-state index in [-0.39, 0.29) is 12.5 Å². The fourth-order valence-electron chi connectivity index (χ4n) is 3.35. The van der Waals surface area contributed by atoms with Crippen LogP contribution in [0.15, 0.2) is 12.2 Å². The Morgan fingerprint density at radius 1 is 1.25 bits per heavy atom. The number of rotatable bonds is 13. The molecule has 0 aromatic rings. The number of aliphatic carboxylic acids is 1. The Kier molecular flexibility index (Phi) is 10.6. The van der Waals surface area contributed by atoms with Gasteiger partial charge in [0.05, 0.1) is 6.61 Å². The number of carbonyl (C=O) groups is 2. The van der Waals surface area contributed by atoms with Crippen molar-refractivity contribution in [2.75, 3.05) is 6.61 Å². The molecule has 1 aliphatic carbocycles. The summed E-state index contributed by atoms with van der Waals surface area (Å²) in [4.78, 5) is 22.5. The van der Waals surface area contributed by atoms with Gasteiger partial charge in [0.25, 0.3) is 6.29 Å². The van der Waals surface area contributed by atoms with Gasteiger partial charge < -0.3 is 14.9 Å². The van der Waals surface area contributed by atoms with Crippen LogP contribution in [0, 0.1) is 11.8 Å². The average molecular weight is 340 g/mol. The first-order chi connectivity index (χ1) is 11.6. The van der Waals surface area contributed by atoms with E-state index in [0.717, 1.165) is 44.9 Å². The van der Waals surface area contributed by atoms with E-state index in [1.165, 1.54) is 6.42 Å². The van der Waals surface area contributed by atoms with Gasteiger partial charge in [0.2, 0.25) is 0 Å². The van der Waals surface area contributed by atoms with Gasteiger partial charge in [-0.2, -0.15) is 0 Å². The second-order valence-electron chi connectivity index (χ2n) is 6.62. The normalized spacial score (nSPS) is 22.3. The van der Waals surface area contributed by atoms with E-state index in [1.54, 1.807) is 0 Å². The van der Waals surface area contributed by atoms with Gasteiger partial charge >= 0.3 is 5.97 Å². The second kappa shape index (κ2) is 12.2. The van der Waals surface area contributed by atoms with Crippen molar-refractivity contribution in [3.8, 4) is 0 Å². The number of carboxylic acids is 1. The Labute approximate surface area is 145 Å². The van der Waals surface area contributed by atoms with Crippen LogP contribution in [0.2, 0.25) is 0 Å². The van der Waals surface area contributed by atoms with Crippen molar-refractivity contribution < 1.29 is 24.5 Å². The number of aliphatic hydroxyl groups excluding tert-OH is 1. The van der Waals surface area contributed by atoms with Gasteiger partial charge in [0, 0.05) is 12.3 Å². The summed E-state index contributed by atoms with van der Waals surface area (Å²) in [6, 6.07) is 0. The number of carboxylic acid groups (broad SMARTS) is 1. The zero-order valence-electron chi connectivity index (χ0n) is 14.8. The molecule has 1 unspecified atom stereocenters. The number of hydrogen-bond acceptors (Lipinski definition) is 4. The molecule has 0 bridgehead atoms. The van der Waals surface area contributed by atoms with Crippen LogP contribution >= 0.6 is 0 Å². The van der Waals surface area contributed by atoms with Crippen LogP contribution in [-0.2, 0) is 14.3 Å². The molecule has 24 heavy (non-hydrogen) atoms. The minimum atomic E-state index is -1.74. The van der Waals surface area contributed by atoms with Gasteiger partial charge in [-0.1, -0.05) is 31.9 Å². The van der Waals surface area contributed by atoms with Crippen LogP contribution in [0.5, 0.6) is 0 Å². The van der Waals surface area contributed by atoms with Crippen molar-refractivity contribution >= 4 is 11.8 Å². The second-order valence-corrected chi connectivity index (χ2v) is 6.62. The lowest BCUT2D eigenvalue weighted by Crippen LogP contribution is -2.23. The van der Waals surface area contributed by atoms with E-state index >= 15 is 0 Å². The number of aliphatic hydroxyl groups is 1. The maximum Gasteiger partial charge on any atom is 0.360 e. The van der Waals surface area contributed by atoms with Crippen LogP contribution in [0.25, 0.3) is 0 Å². The molecular weight excluding hydrogens is 308 g/mol. The summed E-state index contributed by atoms with van der Waals surface area (Å²) in [7, 11) is 0. The lowest BCUT2D eigenvalue weighted by molar-refractivity contribution is -0.176. The van der Waals surface area contributed by atoms with Gasteiger partial charge in [0.15, 0.2) is 0 Å². The number of hydrogen-bond donors (Lipinski definition) is 2. The van der Waals surface area contributed by atoms with E-state index in [0.29, 0.717) is 24.5 Å². The van der Waals surface area contributed by atoms with E-state index < -0.39 is 12.3 Å². The fourth-order valence-corrected chi connectivity index (χ4v) is 3.35. The van der Waals surface area contributed by atoms with Crippen LogP contribution in [0.1, 0.15) is 71.1 Å². The largest absolute Gasteiger partial charge is 0.477 e. The summed E-state index contributed by atoms with van der Waals surface area (Å²) in [6.45, 7) is 2.38. The number of allylic oxidation sites excluding steroid dienone is 2. The average Bonchev–Trinajstić information content (AvgIpc) is 2.90. The van der Waals surface area contributed by atoms with Crippen LogP contribution in [0.3, 0.4) is 0 Å². The molecule has 1 saturated carbocycles. The fraction of sp³-hybridized carbons (Fsp3) is 0.789. The molecule has 138 valence electrons. The third-order valence-electron chi connectivity index (χ3n) is 4.71. The number of unbranched alkanes of at least 4 members (excludes halogenated alkanes) is 3. The van der Waals surface area contributed by atoms with E-state index in [1.807, 2.05) is 0 Å². The zero-order valence-corrected chi connectivity index (χ0v) is 14.8. The number of Topliss-reactive ketones (excluding diaryl/α,β-unsaturated/α-hetero) is 1. The minimum Gasteiger partial charge on any atom is -0.477 e. The predicted octanol–water partition coefficient (Wildman–Crippen LogP) is 3.70. The van der Waals surface area contributed by atoms with Crippen molar-refractivity contribution in [1.82, 2.24) is 0 Å². The van der Waals surface area contributed by atoms with Crippen molar-refractivity contribution in [3.05, 3.63) is 12.2 Å². The Balaban J connectivity index is 2.19. The summed E-state index contributed by atoms with van der Waals surface area (Å²) in [5, 5.41) is 17.5. The summed E-state index contributed by atoms with van der Waals surface area (Å²) in [6.07, 6.45) is 12.5. The lowest BCUT2D eigenvalue weighted by atomic mass is 9.87. The van der Waals surface area contributed by atoms with Gasteiger partial charge in [-0.3, -0.25) is 4.79 Å². The van der Waals surface area contributed by atoms with Crippen molar-refractivity contribution in [2.45, 2.75) is 77.4 Å². The SMILES string of the molecule is CCCC=CCCC[C@H]1CCC(=O)[C@@H]1CCCCOC(O)C(=O)O. The van der Waals surface area contributed by atoms with Gasteiger partial charge in [0.1, 0.15) is 5.78 Å². The molecule has 0 aromatic carbocycles. The third kappa shape index (κ3) is 8.06. The molecule has 1 rings (SSSR count). The molecule has 2 N–H and O–H groups in total. The summed E-state index contributed by atoms with van der Waals surface area (Å²) >= 11 is 0. The topological polar surface area (TPSA) is 83.8 Å². The van der Waals surface area contributed by atoms with E-state index in [9.17, 15) is 9.59 Å². The van der Waals surface area contributed by atoms with Crippen molar-refractivity contribution in [3.63, 3.8) is 0 Å². The molecule has 0 amide bonds. The highest BCUT2D eigenvalue weighted by Gasteiger charge is 2.33. The Morgan fingerprint density at radius 2 is 2.00 bits per heavy atom. The Bertz CT molecular complexity index is 405. The molecule has 1 aliphatic rings. The monoisotopic (exact) mass is 340 g/mol. The smallest absolute Gasteiger partial charge is 0.360 e. The van der Waals surface area contributed by atoms with Crippen LogP contribution < -0.4 is 0 Å². The number of ketones is 1. The Hall–Kier alpha value is -1.20. The summed E-state index contributed by atoms with van der Waals surface area (Å²) in [5.41, 5.74) is 0. The summed E-state index contributed by atoms with van der Waals surface area (Å²) in [5.74, 6) is -0.321. The highest BCUT2D eigenvalue weighted by Crippen LogP contribution is 2.35. The molecule has 3 atom stereocenters. The molecule has 0 spiro atoms. The van der Waals surface area contributed by atoms with Gasteiger partial charge in [-0.05, 0) is 50.9 Å². The first-order valence-electron chi connectivity index (χ1n) is 9.26. The molecule has 5 nitrogen and oxygen atoms in total. The standard InChI is InChI=1S/C19H32O5/c1-2-3-4-5-6-7-10-15-12-13-17(20)16(15)11-8-9-14-24-19(23)18(21)22/h4-5,15-16,19,23H,2-3,6-14H2,1H3,(H,21,22)/t15-,16+,19?/m0/s1. The lowest BCUT2D eigenvalue weighted by Gasteiger charge is -2.18. The van der Waals surface area contributed by atoms with Crippen LogP contribution in [0.4, 0.5) is 0 Å². The molecule has 0 aromatic heterocycles. The molecule has 0 heterocycles. The van der Waals surface area contributed by atoms with Gasteiger partial charge in [-0.25, -0.2) is 4.79 Å². The maximum absolute atomic E-state index is 12.1. The molecule has 0 saturated heterocycles. The molecule has 0 radical (unpaired) electrons. The predicted molar refractivity (Wildman–Crippen MR) is 92.6 cm³/mol. The first-order valence-corrected chi connectivity index (χ1v) is 9.26.